The summed E-state index contributed by atoms with van der Waals surface area (Å²) in [5.41, 5.74) is 1.39. The molecule has 3 amide bonds. The molecule has 0 bridgehead atoms. The van der Waals surface area contributed by atoms with Gasteiger partial charge in [0.25, 0.3) is 17.5 Å². The summed E-state index contributed by atoms with van der Waals surface area (Å²) in [6.45, 7) is 1.73. The predicted octanol–water partition coefficient (Wildman–Crippen LogP) is 6.19. The zero-order chi connectivity index (χ0) is 28.5. The number of nitrogens with one attached hydrogen (secondary N) is 3. The zero-order valence-corrected chi connectivity index (χ0v) is 22.8. The summed E-state index contributed by atoms with van der Waals surface area (Å²) in [6.07, 6.45) is 1.62. The van der Waals surface area contributed by atoms with Gasteiger partial charge in [-0.25, -0.2) is 0 Å². The number of carbonyl (C=O) groups is 3. The molecule has 0 fully saturated rings. The molecule has 1 aromatic heterocycles. The Morgan fingerprint density at radius 1 is 0.900 bits per heavy atom. The van der Waals surface area contributed by atoms with Crippen molar-refractivity contribution < 1.29 is 19.3 Å². The zero-order valence-electron chi connectivity index (χ0n) is 21.2. The molecule has 1 unspecified atom stereocenters. The highest BCUT2D eigenvalue weighted by Crippen LogP contribution is 2.27. The number of non-ortho nitro benzene ring substituents is 1. The van der Waals surface area contributed by atoms with E-state index in [9.17, 15) is 24.5 Å². The van der Waals surface area contributed by atoms with Crippen LogP contribution in [0.15, 0.2) is 107 Å². The van der Waals surface area contributed by atoms with Crippen molar-refractivity contribution in [3.8, 4) is 0 Å². The molecule has 3 aromatic carbocycles. The second kappa shape index (κ2) is 13.4. The number of rotatable bonds is 10. The monoisotopic (exact) mass is 572 g/mol. The number of amides is 3. The smallest absolute Gasteiger partial charge is 0.272 e. The van der Waals surface area contributed by atoms with Gasteiger partial charge in [0.15, 0.2) is 0 Å². The number of nitrogens with zero attached hydrogens (tertiary/aromatic N) is 1. The molecule has 0 radical (unpaired) electrons. The van der Waals surface area contributed by atoms with E-state index < -0.39 is 22.0 Å². The van der Waals surface area contributed by atoms with Crippen molar-refractivity contribution in [2.45, 2.75) is 17.1 Å². The van der Waals surface area contributed by atoms with Crippen molar-refractivity contribution in [2.75, 3.05) is 10.6 Å². The van der Waals surface area contributed by atoms with Crippen LogP contribution in [0.5, 0.6) is 0 Å². The van der Waals surface area contributed by atoms with Crippen molar-refractivity contribution in [3.63, 3.8) is 0 Å². The van der Waals surface area contributed by atoms with Crippen LogP contribution in [-0.4, -0.2) is 27.9 Å². The molecule has 3 N–H and O–H groups in total. The number of anilines is 2. The standard InChI is InChI=1S/C29H24N4O5S2/c1-19(27(34)30-21-12-14-23(15-13-21)33(37)38)40-25-10-5-9-22(17-25)31-29(36)26(18-24-11-6-16-39-24)32-28(35)20-7-3-2-4-8-20/h2-19H,1H3,(H,30,34)(H,31,36)(H,32,35)/b26-18-. The van der Waals surface area contributed by atoms with E-state index in [-0.39, 0.29) is 17.3 Å². The van der Waals surface area contributed by atoms with Gasteiger partial charge in [-0.15, -0.1) is 23.1 Å². The van der Waals surface area contributed by atoms with E-state index >= 15 is 0 Å². The van der Waals surface area contributed by atoms with Gasteiger partial charge in [0.1, 0.15) is 5.70 Å². The molecule has 0 saturated heterocycles. The number of hydrogen-bond donors (Lipinski definition) is 3. The molecule has 40 heavy (non-hydrogen) atoms. The van der Waals surface area contributed by atoms with E-state index in [2.05, 4.69) is 16.0 Å². The lowest BCUT2D eigenvalue weighted by molar-refractivity contribution is -0.384. The fourth-order valence-corrected chi connectivity index (χ4v) is 5.06. The molecule has 1 heterocycles. The molecule has 0 spiro atoms. The average Bonchev–Trinajstić information content (AvgIpc) is 3.47. The third-order valence-electron chi connectivity index (χ3n) is 5.48. The Kier molecular flexibility index (Phi) is 9.44. The van der Waals surface area contributed by atoms with Crippen LogP contribution in [0.3, 0.4) is 0 Å². The lowest BCUT2D eigenvalue weighted by Crippen LogP contribution is -2.30. The molecule has 0 aliphatic rings. The van der Waals surface area contributed by atoms with Gasteiger partial charge >= 0.3 is 0 Å². The molecule has 202 valence electrons. The van der Waals surface area contributed by atoms with Gasteiger partial charge in [0, 0.05) is 38.8 Å². The van der Waals surface area contributed by atoms with Crippen molar-refractivity contribution in [1.29, 1.82) is 0 Å². The van der Waals surface area contributed by atoms with Gasteiger partial charge in [0.2, 0.25) is 5.91 Å². The fourth-order valence-electron chi connectivity index (χ4n) is 3.47. The first-order chi connectivity index (χ1) is 19.3. The number of thioether (sulfide) groups is 1. The minimum absolute atomic E-state index is 0.0627. The molecule has 0 saturated carbocycles. The molecule has 0 aliphatic carbocycles. The molecular weight excluding hydrogens is 548 g/mol. The summed E-state index contributed by atoms with van der Waals surface area (Å²) in [7, 11) is 0. The summed E-state index contributed by atoms with van der Waals surface area (Å²) in [5, 5.41) is 20.5. The van der Waals surface area contributed by atoms with Gasteiger partial charge in [-0.1, -0.05) is 30.3 Å². The highest BCUT2D eigenvalue weighted by Gasteiger charge is 2.18. The molecular formula is C29H24N4O5S2. The summed E-state index contributed by atoms with van der Waals surface area (Å²) in [5.74, 6) is -1.18. The molecule has 4 rings (SSSR count). The predicted molar refractivity (Wildman–Crippen MR) is 158 cm³/mol. The molecule has 1 atom stereocenters. The number of hydrogen-bond acceptors (Lipinski definition) is 7. The number of nitro groups is 1. The quantitative estimate of drug-likeness (QED) is 0.0900. The molecule has 9 nitrogen and oxygen atoms in total. The maximum absolute atomic E-state index is 13.2. The van der Waals surface area contributed by atoms with Crippen LogP contribution >= 0.6 is 23.1 Å². The summed E-state index contributed by atoms with van der Waals surface area (Å²) in [4.78, 5) is 50.5. The van der Waals surface area contributed by atoms with Gasteiger partial charge in [0.05, 0.1) is 10.2 Å². The minimum Gasteiger partial charge on any atom is -0.325 e. The number of benzene rings is 3. The molecule has 0 aliphatic heterocycles. The lowest BCUT2D eigenvalue weighted by atomic mass is 10.2. The second-order valence-corrected chi connectivity index (χ2v) is 10.8. The lowest BCUT2D eigenvalue weighted by Gasteiger charge is -2.14. The third kappa shape index (κ3) is 7.88. The van der Waals surface area contributed by atoms with Crippen LogP contribution in [0.1, 0.15) is 22.2 Å². The van der Waals surface area contributed by atoms with Gasteiger partial charge in [-0.05, 0) is 66.9 Å². The Hall–Kier alpha value is -4.74. The van der Waals surface area contributed by atoms with E-state index in [1.54, 1.807) is 61.5 Å². The van der Waals surface area contributed by atoms with Crippen molar-refractivity contribution >= 4 is 64.0 Å². The number of nitro benzene ring substituents is 1. The number of carbonyl (C=O) groups excluding carboxylic acids is 3. The highest BCUT2D eigenvalue weighted by molar-refractivity contribution is 8.00. The first-order valence-electron chi connectivity index (χ1n) is 12.0. The highest BCUT2D eigenvalue weighted by atomic mass is 32.2. The van der Waals surface area contributed by atoms with Crippen LogP contribution < -0.4 is 16.0 Å². The Balaban J connectivity index is 1.42. The van der Waals surface area contributed by atoms with E-state index in [1.165, 1.54) is 47.4 Å². The van der Waals surface area contributed by atoms with E-state index in [0.717, 1.165) is 9.77 Å². The normalized spacial score (nSPS) is 11.8. The van der Waals surface area contributed by atoms with Gasteiger partial charge < -0.3 is 16.0 Å². The van der Waals surface area contributed by atoms with Crippen LogP contribution in [0.2, 0.25) is 0 Å². The van der Waals surface area contributed by atoms with E-state index in [1.807, 2.05) is 23.6 Å². The number of thiophene rings is 1. The van der Waals surface area contributed by atoms with Crippen LogP contribution in [0.25, 0.3) is 6.08 Å². The van der Waals surface area contributed by atoms with Crippen molar-refractivity contribution in [3.05, 3.63) is 123 Å². The van der Waals surface area contributed by atoms with Crippen LogP contribution in [0, 0.1) is 10.1 Å². The van der Waals surface area contributed by atoms with Crippen LogP contribution in [0.4, 0.5) is 17.1 Å². The second-order valence-electron chi connectivity index (χ2n) is 8.43. The Bertz CT molecular complexity index is 1540. The first kappa shape index (κ1) is 28.3. The SMILES string of the molecule is CC(Sc1cccc(NC(=O)/C(=C/c2cccs2)NC(=O)c2ccccc2)c1)C(=O)Nc1ccc([N+](=O)[O-])cc1. The Morgan fingerprint density at radius 3 is 2.33 bits per heavy atom. The fraction of sp³-hybridized carbons (Fsp3) is 0.0690. The maximum Gasteiger partial charge on any atom is 0.272 e. The minimum atomic E-state index is -0.506. The maximum atomic E-state index is 13.2. The largest absolute Gasteiger partial charge is 0.325 e. The van der Waals surface area contributed by atoms with E-state index in [4.69, 9.17) is 0 Å². The summed E-state index contributed by atoms with van der Waals surface area (Å²) in [6, 6.07) is 24.9. The van der Waals surface area contributed by atoms with Crippen molar-refractivity contribution in [1.82, 2.24) is 5.32 Å². The van der Waals surface area contributed by atoms with Crippen LogP contribution in [-0.2, 0) is 9.59 Å². The van der Waals surface area contributed by atoms with Crippen molar-refractivity contribution in [2.24, 2.45) is 0 Å². The summed E-state index contributed by atoms with van der Waals surface area (Å²) >= 11 is 2.72. The topological polar surface area (TPSA) is 130 Å². The summed E-state index contributed by atoms with van der Waals surface area (Å²) < 4.78 is 0. The molecule has 11 heteroatoms. The van der Waals surface area contributed by atoms with Gasteiger partial charge in [-0.2, -0.15) is 0 Å². The first-order valence-corrected chi connectivity index (χ1v) is 13.8. The Morgan fingerprint density at radius 2 is 1.65 bits per heavy atom. The third-order valence-corrected chi connectivity index (χ3v) is 7.39. The Labute approximate surface area is 238 Å². The molecule has 4 aromatic rings. The van der Waals surface area contributed by atoms with Gasteiger partial charge in [-0.3, -0.25) is 24.5 Å². The average molecular weight is 573 g/mol. The van der Waals surface area contributed by atoms with E-state index in [0.29, 0.717) is 16.9 Å².